The summed E-state index contributed by atoms with van der Waals surface area (Å²) in [5.74, 6) is 0.845. The summed E-state index contributed by atoms with van der Waals surface area (Å²) in [5.41, 5.74) is 11.8. The molecule has 2 N–H and O–H groups in total. The van der Waals surface area contributed by atoms with E-state index in [1.54, 1.807) is 7.11 Å². The fourth-order valence-corrected chi connectivity index (χ4v) is 2.06. The molecule has 0 radical (unpaired) electrons. The van der Waals surface area contributed by atoms with Crippen LogP contribution in [0.2, 0.25) is 0 Å². The molecule has 0 saturated carbocycles. The monoisotopic (exact) mass is 242 g/mol. The summed E-state index contributed by atoms with van der Waals surface area (Å²) in [7, 11) is 1.68. The minimum Gasteiger partial charge on any atom is -0.496 e. The Morgan fingerprint density at radius 2 is 1.89 bits per heavy atom. The van der Waals surface area contributed by atoms with Gasteiger partial charge < -0.3 is 10.5 Å². The molecule has 0 aliphatic carbocycles. The first-order valence-corrected chi connectivity index (χ1v) is 5.91. The van der Waals surface area contributed by atoms with Gasteiger partial charge in [0.2, 0.25) is 0 Å². The molecule has 1 aromatic carbocycles. The van der Waals surface area contributed by atoms with Crippen molar-refractivity contribution < 1.29 is 4.74 Å². The Kier molecular flexibility index (Phi) is 3.24. The average molecular weight is 242 g/mol. The van der Waals surface area contributed by atoms with Gasteiger partial charge in [0, 0.05) is 11.8 Å². The Morgan fingerprint density at radius 3 is 2.50 bits per heavy atom. The summed E-state index contributed by atoms with van der Waals surface area (Å²) >= 11 is 0. The number of nitrogens with zero attached hydrogens (tertiary/aromatic N) is 1. The molecule has 2 aromatic rings. The maximum atomic E-state index is 6.05. The number of methoxy groups -OCH3 is 1. The van der Waals surface area contributed by atoms with Gasteiger partial charge in [-0.2, -0.15) is 0 Å². The largest absolute Gasteiger partial charge is 0.496 e. The predicted octanol–water partition coefficient (Wildman–Crippen LogP) is 3.26. The summed E-state index contributed by atoms with van der Waals surface area (Å²) in [6, 6.07) is 6.00. The summed E-state index contributed by atoms with van der Waals surface area (Å²) in [4.78, 5) is 4.42. The molecule has 3 heteroatoms. The molecule has 0 amide bonds. The smallest absolute Gasteiger partial charge is 0.131 e. The van der Waals surface area contributed by atoms with Crippen molar-refractivity contribution in [3.8, 4) is 17.0 Å². The van der Waals surface area contributed by atoms with E-state index in [4.69, 9.17) is 10.5 Å². The molecule has 0 fully saturated rings. The van der Waals surface area contributed by atoms with Crippen LogP contribution in [0.3, 0.4) is 0 Å². The van der Waals surface area contributed by atoms with E-state index in [1.165, 1.54) is 5.56 Å². The molecular formula is C15H18N2O. The molecule has 1 aromatic heterocycles. The highest BCUT2D eigenvalue weighted by Gasteiger charge is 2.13. The maximum Gasteiger partial charge on any atom is 0.131 e. The number of ether oxygens (including phenoxy) is 1. The molecule has 0 spiro atoms. The lowest BCUT2D eigenvalue weighted by Gasteiger charge is -2.14. The summed E-state index contributed by atoms with van der Waals surface area (Å²) in [5, 5.41) is 0. The molecule has 0 saturated heterocycles. The van der Waals surface area contributed by atoms with Gasteiger partial charge in [-0.15, -0.1) is 0 Å². The predicted molar refractivity (Wildman–Crippen MR) is 74.8 cm³/mol. The number of nitrogen functional groups attached to an aromatic ring is 1. The van der Waals surface area contributed by atoms with Gasteiger partial charge in [-0.1, -0.05) is 6.07 Å². The van der Waals surface area contributed by atoms with Gasteiger partial charge in [-0.3, -0.25) is 4.98 Å². The molecule has 1 heterocycles. The Bertz CT molecular complexity index is 591. The number of benzene rings is 1. The average Bonchev–Trinajstić information content (AvgIpc) is 2.33. The molecular weight excluding hydrogens is 224 g/mol. The molecule has 0 atom stereocenters. The van der Waals surface area contributed by atoms with E-state index < -0.39 is 0 Å². The first-order valence-electron chi connectivity index (χ1n) is 5.91. The van der Waals surface area contributed by atoms with E-state index in [-0.39, 0.29) is 0 Å². The van der Waals surface area contributed by atoms with E-state index in [2.05, 4.69) is 18.0 Å². The van der Waals surface area contributed by atoms with E-state index in [9.17, 15) is 0 Å². The van der Waals surface area contributed by atoms with Gasteiger partial charge in [0.15, 0.2) is 0 Å². The first kappa shape index (κ1) is 12.4. The molecule has 3 nitrogen and oxygen atoms in total. The third kappa shape index (κ3) is 2.04. The van der Waals surface area contributed by atoms with Crippen LogP contribution in [0, 0.1) is 20.8 Å². The number of rotatable bonds is 2. The number of anilines is 1. The summed E-state index contributed by atoms with van der Waals surface area (Å²) < 4.78 is 5.50. The summed E-state index contributed by atoms with van der Waals surface area (Å²) in [6.45, 7) is 6.08. The third-order valence-electron chi connectivity index (χ3n) is 3.19. The van der Waals surface area contributed by atoms with E-state index in [1.807, 2.05) is 32.2 Å². The second-order valence-corrected chi connectivity index (χ2v) is 4.54. The van der Waals surface area contributed by atoms with Gasteiger partial charge in [-0.25, -0.2) is 0 Å². The highest BCUT2D eigenvalue weighted by molar-refractivity contribution is 5.78. The van der Waals surface area contributed by atoms with Crippen LogP contribution in [-0.4, -0.2) is 12.1 Å². The molecule has 2 rings (SSSR count). The van der Waals surface area contributed by atoms with E-state index in [0.29, 0.717) is 5.69 Å². The van der Waals surface area contributed by atoms with Crippen LogP contribution in [0.5, 0.6) is 5.75 Å². The summed E-state index contributed by atoms with van der Waals surface area (Å²) in [6.07, 6.45) is 1.82. The first-order chi connectivity index (χ1) is 8.54. The van der Waals surface area contributed by atoms with Gasteiger partial charge in [0.05, 0.1) is 18.5 Å². The van der Waals surface area contributed by atoms with Crippen molar-refractivity contribution in [3.05, 3.63) is 41.1 Å². The molecule has 0 aliphatic rings. The number of nitrogens with two attached hydrogens (primary N) is 1. The fraction of sp³-hybridized carbons (Fsp3) is 0.267. The molecule has 18 heavy (non-hydrogen) atoms. The van der Waals surface area contributed by atoms with Crippen LogP contribution < -0.4 is 10.5 Å². The third-order valence-corrected chi connectivity index (χ3v) is 3.19. The van der Waals surface area contributed by atoms with E-state index >= 15 is 0 Å². The van der Waals surface area contributed by atoms with E-state index in [0.717, 1.165) is 28.1 Å². The topological polar surface area (TPSA) is 48.1 Å². The van der Waals surface area contributed by atoms with Crippen LogP contribution in [0.1, 0.15) is 16.7 Å². The second-order valence-electron chi connectivity index (χ2n) is 4.54. The highest BCUT2D eigenvalue weighted by atomic mass is 16.5. The number of hydrogen-bond donors (Lipinski definition) is 1. The minimum absolute atomic E-state index is 0.677. The van der Waals surface area contributed by atoms with Gasteiger partial charge in [-0.05, 0) is 49.6 Å². The van der Waals surface area contributed by atoms with Crippen molar-refractivity contribution in [2.24, 2.45) is 0 Å². The fourth-order valence-electron chi connectivity index (χ4n) is 2.06. The van der Waals surface area contributed by atoms with Gasteiger partial charge >= 0.3 is 0 Å². The lowest BCUT2D eigenvalue weighted by Crippen LogP contribution is -1.99. The van der Waals surface area contributed by atoms with Crippen molar-refractivity contribution in [1.29, 1.82) is 0 Å². The van der Waals surface area contributed by atoms with Gasteiger partial charge in [0.25, 0.3) is 0 Å². The standard InChI is InChI=1S/C15H18N2O/c1-9-7-13(16)14(17-8-9)12-6-5-10(2)11(3)15(12)18-4/h5-8H,16H2,1-4H3. The number of aromatic nitrogens is 1. The number of hydrogen-bond acceptors (Lipinski definition) is 3. The Balaban J connectivity index is 2.67. The normalized spacial score (nSPS) is 10.4. The lowest BCUT2D eigenvalue weighted by atomic mass is 10.0. The van der Waals surface area contributed by atoms with Crippen LogP contribution in [0.25, 0.3) is 11.3 Å². The molecule has 0 unspecified atom stereocenters. The van der Waals surface area contributed by atoms with Crippen LogP contribution in [0.15, 0.2) is 24.4 Å². The van der Waals surface area contributed by atoms with Crippen molar-refractivity contribution in [2.45, 2.75) is 20.8 Å². The second kappa shape index (κ2) is 4.69. The minimum atomic E-state index is 0.677. The van der Waals surface area contributed by atoms with Crippen LogP contribution in [0.4, 0.5) is 5.69 Å². The number of aryl methyl sites for hydroxylation is 2. The zero-order chi connectivity index (χ0) is 13.3. The highest BCUT2D eigenvalue weighted by Crippen LogP contribution is 2.36. The van der Waals surface area contributed by atoms with Gasteiger partial charge in [0.1, 0.15) is 5.75 Å². The number of pyridine rings is 1. The lowest BCUT2D eigenvalue weighted by molar-refractivity contribution is 0.413. The SMILES string of the molecule is COc1c(-c2ncc(C)cc2N)ccc(C)c1C. The zero-order valence-corrected chi connectivity index (χ0v) is 11.2. The maximum absolute atomic E-state index is 6.05. The zero-order valence-electron chi connectivity index (χ0n) is 11.2. The molecule has 94 valence electrons. The van der Waals surface area contributed by atoms with Crippen LogP contribution >= 0.6 is 0 Å². The van der Waals surface area contributed by atoms with Crippen molar-refractivity contribution in [1.82, 2.24) is 4.98 Å². The Labute approximate surface area is 108 Å². The van der Waals surface area contributed by atoms with Crippen molar-refractivity contribution in [2.75, 3.05) is 12.8 Å². The van der Waals surface area contributed by atoms with Crippen LogP contribution in [-0.2, 0) is 0 Å². The molecule has 0 aliphatic heterocycles. The van der Waals surface area contributed by atoms with Crippen molar-refractivity contribution >= 4 is 5.69 Å². The Hall–Kier alpha value is -2.03. The molecule has 0 bridgehead atoms. The Morgan fingerprint density at radius 1 is 1.17 bits per heavy atom. The quantitative estimate of drug-likeness (QED) is 0.879. The van der Waals surface area contributed by atoms with Crippen molar-refractivity contribution in [3.63, 3.8) is 0 Å².